The number of furan rings is 1. The van der Waals surface area contributed by atoms with E-state index in [-0.39, 0.29) is 24.5 Å². The molecular weight excluding hydrogens is 378 g/mol. The van der Waals surface area contributed by atoms with Gasteiger partial charge in [0.1, 0.15) is 11.8 Å². The number of benzene rings is 1. The SMILES string of the molecule is CC(O)CN(CC(=O)N1N=C(c2ccc(Cl)cc2)CC1c1ccco1)C(C)C. The van der Waals surface area contributed by atoms with Crippen molar-refractivity contribution in [2.24, 2.45) is 5.10 Å². The maximum absolute atomic E-state index is 13.1. The molecule has 150 valence electrons. The van der Waals surface area contributed by atoms with Gasteiger partial charge >= 0.3 is 0 Å². The summed E-state index contributed by atoms with van der Waals surface area (Å²) in [4.78, 5) is 15.1. The smallest absolute Gasteiger partial charge is 0.257 e. The molecule has 0 spiro atoms. The van der Waals surface area contributed by atoms with E-state index in [1.165, 1.54) is 5.01 Å². The Morgan fingerprint density at radius 2 is 2.04 bits per heavy atom. The summed E-state index contributed by atoms with van der Waals surface area (Å²) in [7, 11) is 0. The molecule has 1 aromatic carbocycles. The molecule has 0 saturated carbocycles. The van der Waals surface area contributed by atoms with Crippen LogP contribution in [0.25, 0.3) is 0 Å². The number of rotatable bonds is 7. The van der Waals surface area contributed by atoms with Gasteiger partial charge in [-0.3, -0.25) is 9.69 Å². The van der Waals surface area contributed by atoms with Crippen LogP contribution in [0.1, 0.15) is 44.6 Å². The molecule has 3 rings (SSSR count). The second-order valence-corrected chi connectivity index (χ2v) is 7.84. The molecule has 1 amide bonds. The van der Waals surface area contributed by atoms with Crippen LogP contribution in [0.15, 0.2) is 52.2 Å². The number of hydrazone groups is 1. The van der Waals surface area contributed by atoms with Crippen LogP contribution >= 0.6 is 11.6 Å². The molecule has 1 aliphatic heterocycles. The number of carbonyl (C=O) groups excluding carboxylic acids is 1. The van der Waals surface area contributed by atoms with E-state index in [0.29, 0.717) is 23.7 Å². The quantitative estimate of drug-likeness (QED) is 0.765. The highest BCUT2D eigenvalue weighted by Gasteiger charge is 2.35. The zero-order valence-electron chi connectivity index (χ0n) is 16.4. The van der Waals surface area contributed by atoms with Crippen molar-refractivity contribution in [1.29, 1.82) is 0 Å². The first-order valence-corrected chi connectivity index (χ1v) is 9.84. The summed E-state index contributed by atoms with van der Waals surface area (Å²) in [6.45, 7) is 6.34. The number of hydrogen-bond acceptors (Lipinski definition) is 5. The van der Waals surface area contributed by atoms with Gasteiger partial charge in [0.25, 0.3) is 5.91 Å². The van der Waals surface area contributed by atoms with Gasteiger partial charge in [-0.1, -0.05) is 23.7 Å². The molecule has 0 saturated heterocycles. The van der Waals surface area contributed by atoms with Crippen molar-refractivity contribution in [2.75, 3.05) is 13.1 Å². The lowest BCUT2D eigenvalue weighted by Crippen LogP contribution is -2.44. The van der Waals surface area contributed by atoms with Crippen LogP contribution in [0.5, 0.6) is 0 Å². The Hall–Kier alpha value is -2.15. The predicted molar refractivity (Wildman–Crippen MR) is 109 cm³/mol. The standard InChI is InChI=1S/C21H26ClN3O3/c1-14(2)24(12-15(3)26)13-21(27)25-19(20-5-4-10-28-20)11-18(23-25)16-6-8-17(22)9-7-16/h4-10,14-15,19,26H,11-13H2,1-3H3. The average molecular weight is 404 g/mol. The van der Waals surface area contributed by atoms with Gasteiger partial charge in [0.05, 0.1) is 24.6 Å². The molecule has 1 aromatic heterocycles. The van der Waals surface area contributed by atoms with Gasteiger partial charge in [0.15, 0.2) is 0 Å². The van der Waals surface area contributed by atoms with E-state index in [9.17, 15) is 9.90 Å². The van der Waals surface area contributed by atoms with Gasteiger partial charge in [-0.25, -0.2) is 5.01 Å². The molecule has 2 aromatic rings. The third kappa shape index (κ3) is 4.82. The van der Waals surface area contributed by atoms with Crippen molar-refractivity contribution in [2.45, 2.75) is 45.4 Å². The molecule has 0 radical (unpaired) electrons. The summed E-state index contributed by atoms with van der Waals surface area (Å²) >= 11 is 5.99. The first kappa shape index (κ1) is 20.6. The van der Waals surface area contributed by atoms with Crippen LogP contribution in [0.3, 0.4) is 0 Å². The van der Waals surface area contributed by atoms with Crippen LogP contribution in [0.4, 0.5) is 0 Å². The lowest BCUT2D eigenvalue weighted by Gasteiger charge is -2.29. The molecule has 0 fully saturated rings. The highest BCUT2D eigenvalue weighted by molar-refractivity contribution is 6.30. The minimum absolute atomic E-state index is 0.125. The monoisotopic (exact) mass is 403 g/mol. The zero-order chi connectivity index (χ0) is 20.3. The van der Waals surface area contributed by atoms with Crippen molar-refractivity contribution in [1.82, 2.24) is 9.91 Å². The maximum Gasteiger partial charge on any atom is 0.257 e. The maximum atomic E-state index is 13.1. The number of hydrogen-bond donors (Lipinski definition) is 1. The number of nitrogens with zero attached hydrogens (tertiary/aromatic N) is 3. The first-order valence-electron chi connectivity index (χ1n) is 9.46. The Kier molecular flexibility index (Phi) is 6.54. The molecule has 2 heterocycles. The van der Waals surface area contributed by atoms with Crippen molar-refractivity contribution in [3.8, 4) is 0 Å². The van der Waals surface area contributed by atoms with E-state index in [2.05, 4.69) is 5.10 Å². The summed E-state index contributed by atoms with van der Waals surface area (Å²) in [5.74, 6) is 0.576. The van der Waals surface area contributed by atoms with Crippen LogP contribution in [0.2, 0.25) is 5.02 Å². The van der Waals surface area contributed by atoms with Crippen molar-refractivity contribution >= 4 is 23.2 Å². The number of carbonyl (C=O) groups is 1. The highest BCUT2D eigenvalue weighted by atomic mass is 35.5. The van der Waals surface area contributed by atoms with E-state index in [1.807, 2.05) is 55.1 Å². The van der Waals surface area contributed by atoms with Gasteiger partial charge in [-0.2, -0.15) is 5.10 Å². The molecule has 1 N–H and O–H groups in total. The normalized spacial score (nSPS) is 18.0. The lowest BCUT2D eigenvalue weighted by molar-refractivity contribution is -0.135. The fourth-order valence-electron chi connectivity index (χ4n) is 3.30. The number of aliphatic hydroxyl groups excluding tert-OH is 1. The summed E-state index contributed by atoms with van der Waals surface area (Å²) in [6.07, 6.45) is 1.66. The van der Waals surface area contributed by atoms with Gasteiger partial charge in [0.2, 0.25) is 0 Å². The number of amides is 1. The van der Waals surface area contributed by atoms with Crippen molar-refractivity contribution in [3.63, 3.8) is 0 Å². The van der Waals surface area contributed by atoms with Crippen LogP contribution in [-0.2, 0) is 4.79 Å². The molecule has 2 unspecified atom stereocenters. The summed E-state index contributed by atoms with van der Waals surface area (Å²) in [5, 5.41) is 16.5. The summed E-state index contributed by atoms with van der Waals surface area (Å²) in [6, 6.07) is 11.0. The van der Waals surface area contributed by atoms with Crippen LogP contribution in [-0.4, -0.2) is 51.9 Å². The minimum Gasteiger partial charge on any atom is -0.467 e. The van der Waals surface area contributed by atoms with E-state index in [1.54, 1.807) is 13.2 Å². The molecular formula is C21H26ClN3O3. The fraction of sp³-hybridized carbons (Fsp3) is 0.429. The van der Waals surface area contributed by atoms with E-state index in [4.69, 9.17) is 16.0 Å². The Labute approximate surface area is 170 Å². The Morgan fingerprint density at radius 3 is 2.61 bits per heavy atom. The summed E-state index contributed by atoms with van der Waals surface area (Å²) < 4.78 is 5.58. The molecule has 2 atom stereocenters. The highest BCUT2D eigenvalue weighted by Crippen LogP contribution is 2.33. The Morgan fingerprint density at radius 1 is 1.32 bits per heavy atom. The van der Waals surface area contributed by atoms with E-state index in [0.717, 1.165) is 11.3 Å². The predicted octanol–water partition coefficient (Wildman–Crippen LogP) is 3.70. The van der Waals surface area contributed by atoms with Gasteiger partial charge in [0, 0.05) is 24.0 Å². The molecule has 0 aliphatic carbocycles. The molecule has 1 aliphatic rings. The van der Waals surface area contributed by atoms with E-state index >= 15 is 0 Å². The largest absolute Gasteiger partial charge is 0.467 e. The van der Waals surface area contributed by atoms with Crippen molar-refractivity contribution < 1.29 is 14.3 Å². The van der Waals surface area contributed by atoms with Crippen molar-refractivity contribution in [3.05, 3.63) is 59.0 Å². The number of aliphatic hydroxyl groups is 1. The number of halogens is 1. The molecule has 0 bridgehead atoms. The Balaban J connectivity index is 1.85. The van der Waals surface area contributed by atoms with E-state index < -0.39 is 6.10 Å². The average Bonchev–Trinajstić information content (AvgIpc) is 3.30. The van der Waals surface area contributed by atoms with Gasteiger partial charge in [-0.15, -0.1) is 0 Å². The minimum atomic E-state index is -0.511. The topological polar surface area (TPSA) is 69.3 Å². The first-order chi connectivity index (χ1) is 13.3. The third-order valence-corrected chi connectivity index (χ3v) is 5.03. The van der Waals surface area contributed by atoms with Crippen LogP contribution < -0.4 is 0 Å². The lowest BCUT2D eigenvalue weighted by atomic mass is 10.0. The van der Waals surface area contributed by atoms with Gasteiger partial charge in [-0.05, 0) is 50.6 Å². The second-order valence-electron chi connectivity index (χ2n) is 7.40. The Bertz CT molecular complexity index is 816. The third-order valence-electron chi connectivity index (χ3n) is 4.78. The zero-order valence-corrected chi connectivity index (χ0v) is 17.1. The second kappa shape index (κ2) is 8.90. The molecule has 6 nitrogen and oxygen atoms in total. The molecule has 7 heteroatoms. The molecule has 28 heavy (non-hydrogen) atoms. The van der Waals surface area contributed by atoms with Crippen LogP contribution in [0, 0.1) is 0 Å². The summed E-state index contributed by atoms with van der Waals surface area (Å²) in [5.41, 5.74) is 1.75. The van der Waals surface area contributed by atoms with Gasteiger partial charge < -0.3 is 9.52 Å². The fourth-order valence-corrected chi connectivity index (χ4v) is 3.43.